The predicted octanol–water partition coefficient (Wildman–Crippen LogP) is 4.18. The Bertz CT molecular complexity index is 718. The Morgan fingerprint density at radius 1 is 1.04 bits per heavy atom. The largest absolute Gasteiger partial charge is 0.482 e. The quantitative estimate of drug-likeness (QED) is 0.429. The molecule has 24 heavy (non-hydrogen) atoms. The first-order valence-corrected chi connectivity index (χ1v) is 7.82. The molecule has 0 heterocycles. The number of carbonyl (C=O) groups excluding carboxylic acids is 2. The number of benzene rings is 2. The Morgan fingerprint density at radius 3 is 2.33 bits per heavy atom. The summed E-state index contributed by atoms with van der Waals surface area (Å²) in [5.74, 6) is -0.0493. The van der Waals surface area contributed by atoms with Gasteiger partial charge in [-0.25, -0.2) is 4.79 Å². The lowest BCUT2D eigenvalue weighted by molar-refractivity contribution is -0.145. The lowest BCUT2D eigenvalue weighted by Gasteiger charge is -2.06. The summed E-state index contributed by atoms with van der Waals surface area (Å²) in [4.78, 5) is 23.3. The molecule has 0 bridgehead atoms. The highest BCUT2D eigenvalue weighted by molar-refractivity contribution is 6.30. The molecule has 0 N–H and O–H groups in total. The van der Waals surface area contributed by atoms with E-state index in [4.69, 9.17) is 21.1 Å². The van der Waals surface area contributed by atoms with Crippen molar-refractivity contribution in [3.05, 3.63) is 70.8 Å². The first kappa shape index (κ1) is 17.8. The van der Waals surface area contributed by atoms with Crippen LogP contribution in [0.4, 0.5) is 0 Å². The summed E-state index contributed by atoms with van der Waals surface area (Å²) < 4.78 is 10.1. The molecule has 2 aromatic carbocycles. The van der Waals surface area contributed by atoms with Crippen molar-refractivity contribution in [2.45, 2.75) is 6.92 Å². The molecule has 0 spiro atoms. The molecule has 5 heteroatoms. The number of hydrogen-bond donors (Lipinski definition) is 0. The Labute approximate surface area is 145 Å². The van der Waals surface area contributed by atoms with Crippen LogP contribution in [-0.2, 0) is 9.53 Å². The monoisotopic (exact) mass is 344 g/mol. The SMILES string of the molecule is CCOC(=O)COc1ccc(C(=O)C=Cc2ccc(Cl)cc2)cc1. The molecular formula is C19H17ClO4. The highest BCUT2D eigenvalue weighted by Gasteiger charge is 2.05. The number of rotatable bonds is 7. The van der Waals surface area contributed by atoms with Crippen LogP contribution in [0.5, 0.6) is 5.75 Å². The summed E-state index contributed by atoms with van der Waals surface area (Å²) in [7, 11) is 0. The molecule has 4 nitrogen and oxygen atoms in total. The molecule has 2 rings (SSSR count). The van der Waals surface area contributed by atoms with Crippen LogP contribution in [0.2, 0.25) is 5.02 Å². The second kappa shape index (κ2) is 8.89. The maximum Gasteiger partial charge on any atom is 0.344 e. The van der Waals surface area contributed by atoms with E-state index in [0.717, 1.165) is 5.56 Å². The molecule has 0 amide bonds. The third kappa shape index (κ3) is 5.56. The average Bonchev–Trinajstić information content (AvgIpc) is 2.60. The normalized spacial score (nSPS) is 10.6. The molecular weight excluding hydrogens is 328 g/mol. The standard InChI is InChI=1S/C19H17ClO4/c1-2-23-19(22)13-24-17-10-6-15(7-11-17)18(21)12-5-14-3-8-16(20)9-4-14/h3-12H,2,13H2,1H3. The van der Waals surface area contributed by atoms with Crippen molar-refractivity contribution in [3.63, 3.8) is 0 Å². The van der Waals surface area contributed by atoms with Crippen LogP contribution in [0.15, 0.2) is 54.6 Å². The van der Waals surface area contributed by atoms with E-state index in [0.29, 0.717) is 22.9 Å². The average molecular weight is 345 g/mol. The highest BCUT2D eigenvalue weighted by Crippen LogP contribution is 2.14. The van der Waals surface area contributed by atoms with E-state index in [1.54, 1.807) is 49.4 Å². The van der Waals surface area contributed by atoms with Gasteiger partial charge in [-0.15, -0.1) is 0 Å². The summed E-state index contributed by atoms with van der Waals surface area (Å²) >= 11 is 5.82. The third-order valence-corrected chi connectivity index (χ3v) is 3.35. The summed E-state index contributed by atoms with van der Waals surface area (Å²) in [6.45, 7) is 1.89. The summed E-state index contributed by atoms with van der Waals surface area (Å²) in [6, 6.07) is 13.8. The Hall–Kier alpha value is -2.59. The lowest BCUT2D eigenvalue weighted by atomic mass is 10.1. The van der Waals surface area contributed by atoms with Gasteiger partial charge in [0.15, 0.2) is 12.4 Å². The van der Waals surface area contributed by atoms with E-state index in [9.17, 15) is 9.59 Å². The minimum absolute atomic E-state index is 0.123. The maximum atomic E-state index is 12.1. The van der Waals surface area contributed by atoms with Gasteiger partial charge in [0.2, 0.25) is 0 Å². The molecule has 0 aromatic heterocycles. The first-order valence-electron chi connectivity index (χ1n) is 7.45. The van der Waals surface area contributed by atoms with Crippen molar-refractivity contribution < 1.29 is 19.1 Å². The van der Waals surface area contributed by atoms with Gasteiger partial charge in [0.05, 0.1) is 6.61 Å². The molecule has 0 atom stereocenters. The van der Waals surface area contributed by atoms with Crippen molar-refractivity contribution in [3.8, 4) is 5.75 Å². The Kier molecular flexibility index (Phi) is 6.58. The zero-order valence-corrected chi connectivity index (χ0v) is 14.0. The fourth-order valence-electron chi connectivity index (χ4n) is 1.90. The van der Waals surface area contributed by atoms with Gasteiger partial charge in [0, 0.05) is 10.6 Å². The first-order chi connectivity index (χ1) is 11.6. The van der Waals surface area contributed by atoms with E-state index in [-0.39, 0.29) is 12.4 Å². The number of hydrogen-bond acceptors (Lipinski definition) is 4. The molecule has 0 aliphatic rings. The summed E-state index contributed by atoms with van der Waals surface area (Å²) in [5, 5.41) is 0.650. The number of carbonyl (C=O) groups is 2. The molecule has 0 aliphatic heterocycles. The third-order valence-electron chi connectivity index (χ3n) is 3.10. The molecule has 0 fully saturated rings. The van der Waals surface area contributed by atoms with Gasteiger partial charge in [0.1, 0.15) is 5.75 Å². The second-order valence-electron chi connectivity index (χ2n) is 4.87. The Morgan fingerprint density at radius 2 is 1.71 bits per heavy atom. The van der Waals surface area contributed by atoms with Crippen LogP contribution in [0, 0.1) is 0 Å². The molecule has 0 radical (unpaired) electrons. The lowest BCUT2D eigenvalue weighted by Crippen LogP contribution is -2.14. The van der Waals surface area contributed by atoms with E-state index < -0.39 is 5.97 Å². The molecule has 124 valence electrons. The van der Waals surface area contributed by atoms with Crippen LogP contribution in [0.25, 0.3) is 6.08 Å². The minimum Gasteiger partial charge on any atom is -0.482 e. The number of ether oxygens (including phenoxy) is 2. The van der Waals surface area contributed by atoms with Crippen LogP contribution in [0.3, 0.4) is 0 Å². The molecule has 2 aromatic rings. The van der Waals surface area contributed by atoms with Crippen LogP contribution < -0.4 is 4.74 Å². The van der Waals surface area contributed by atoms with Gasteiger partial charge in [-0.1, -0.05) is 29.8 Å². The van der Waals surface area contributed by atoms with E-state index >= 15 is 0 Å². The van der Waals surface area contributed by atoms with Gasteiger partial charge in [-0.2, -0.15) is 0 Å². The highest BCUT2D eigenvalue weighted by atomic mass is 35.5. The fourth-order valence-corrected chi connectivity index (χ4v) is 2.03. The fraction of sp³-hybridized carbons (Fsp3) is 0.158. The van der Waals surface area contributed by atoms with Crippen molar-refractivity contribution in [1.82, 2.24) is 0 Å². The van der Waals surface area contributed by atoms with Crippen molar-refractivity contribution in [2.24, 2.45) is 0 Å². The zero-order valence-electron chi connectivity index (χ0n) is 13.2. The maximum absolute atomic E-state index is 12.1. The van der Waals surface area contributed by atoms with Gasteiger partial charge in [-0.05, 0) is 55.0 Å². The van der Waals surface area contributed by atoms with Crippen LogP contribution in [-0.4, -0.2) is 25.0 Å². The van der Waals surface area contributed by atoms with Gasteiger partial charge < -0.3 is 9.47 Å². The van der Waals surface area contributed by atoms with Gasteiger partial charge in [0.25, 0.3) is 0 Å². The smallest absolute Gasteiger partial charge is 0.344 e. The second-order valence-corrected chi connectivity index (χ2v) is 5.30. The minimum atomic E-state index is -0.427. The van der Waals surface area contributed by atoms with E-state index in [1.807, 2.05) is 12.1 Å². The van der Waals surface area contributed by atoms with E-state index in [1.165, 1.54) is 6.08 Å². The topological polar surface area (TPSA) is 52.6 Å². The number of ketones is 1. The van der Waals surface area contributed by atoms with Crippen LogP contribution in [0.1, 0.15) is 22.8 Å². The van der Waals surface area contributed by atoms with E-state index in [2.05, 4.69) is 0 Å². The van der Waals surface area contributed by atoms with Gasteiger partial charge >= 0.3 is 5.97 Å². The molecule has 0 aliphatic carbocycles. The summed E-state index contributed by atoms with van der Waals surface area (Å²) in [5.41, 5.74) is 1.42. The summed E-state index contributed by atoms with van der Waals surface area (Å²) in [6.07, 6.45) is 3.22. The van der Waals surface area contributed by atoms with Crippen molar-refractivity contribution >= 4 is 29.4 Å². The van der Waals surface area contributed by atoms with Crippen molar-refractivity contribution in [2.75, 3.05) is 13.2 Å². The molecule has 0 unspecified atom stereocenters. The molecule has 0 saturated carbocycles. The van der Waals surface area contributed by atoms with Crippen molar-refractivity contribution in [1.29, 1.82) is 0 Å². The van der Waals surface area contributed by atoms with Gasteiger partial charge in [-0.3, -0.25) is 4.79 Å². The number of halogens is 1. The Balaban J connectivity index is 1.93. The number of esters is 1. The number of allylic oxidation sites excluding steroid dienone is 1. The predicted molar refractivity (Wildman–Crippen MR) is 93.4 cm³/mol. The van der Waals surface area contributed by atoms with Crippen LogP contribution >= 0.6 is 11.6 Å². The zero-order chi connectivity index (χ0) is 17.4. The molecule has 0 saturated heterocycles.